The van der Waals surface area contributed by atoms with Crippen LogP contribution in [0.15, 0.2) is 37.0 Å². The van der Waals surface area contributed by atoms with E-state index in [4.69, 9.17) is 0 Å². The minimum atomic E-state index is -0.551. The molecule has 0 bridgehead atoms. The summed E-state index contributed by atoms with van der Waals surface area (Å²) in [7, 11) is 0. The third kappa shape index (κ3) is 22.9. The van der Waals surface area contributed by atoms with Crippen LogP contribution in [0, 0.1) is 35.5 Å². The third-order valence-corrected chi connectivity index (χ3v) is 16.0. The Bertz CT molecular complexity index is 684. The van der Waals surface area contributed by atoms with Crippen molar-refractivity contribution in [3.8, 4) is 0 Å². The SMILES string of the molecule is C=CCC(C)C(C)CCCCCC[CH2][Al]([CH2]CCCCCCC(C)C(C)CC=C)[CH2]CCCCCCC(C)C1CC=C(C)CC1. The molecule has 0 saturated carbocycles. The summed E-state index contributed by atoms with van der Waals surface area (Å²) >= 11 is -0.551. The third-order valence-electron chi connectivity index (χ3n) is 12.3. The number of hydrogen-bond acceptors (Lipinski definition) is 0. The predicted octanol–water partition coefficient (Wildman–Crippen LogP) is 15.6. The molecule has 6 unspecified atom stereocenters. The van der Waals surface area contributed by atoms with Crippen LogP contribution in [0.5, 0.6) is 0 Å². The van der Waals surface area contributed by atoms with E-state index in [-0.39, 0.29) is 0 Å². The molecule has 0 fully saturated rings. The fourth-order valence-electron chi connectivity index (χ4n) is 8.02. The van der Waals surface area contributed by atoms with Crippen LogP contribution < -0.4 is 0 Å². The monoisotopic (exact) mass is 639 g/mol. The fraction of sp³-hybridized carbons (Fsp3) is 0.864. The Morgan fingerprint density at radius 2 is 1.00 bits per heavy atom. The molecule has 0 aromatic rings. The van der Waals surface area contributed by atoms with Crippen molar-refractivity contribution in [2.75, 3.05) is 0 Å². The lowest BCUT2D eigenvalue weighted by Gasteiger charge is -2.26. The zero-order chi connectivity index (χ0) is 33.1. The minimum Gasteiger partial charge on any atom is -0.103 e. The molecule has 0 aromatic heterocycles. The highest BCUT2D eigenvalue weighted by atomic mass is 27.2. The van der Waals surface area contributed by atoms with Gasteiger partial charge in [0.25, 0.3) is 14.1 Å². The first-order valence-electron chi connectivity index (χ1n) is 20.7. The second kappa shape index (κ2) is 28.7. The molecule has 0 spiro atoms. The summed E-state index contributed by atoms with van der Waals surface area (Å²) in [5.41, 5.74) is 1.63. The van der Waals surface area contributed by atoms with Gasteiger partial charge in [-0.1, -0.05) is 190 Å². The van der Waals surface area contributed by atoms with Crippen molar-refractivity contribution in [2.45, 2.75) is 205 Å². The predicted molar refractivity (Wildman–Crippen MR) is 210 cm³/mol. The second-order valence-electron chi connectivity index (χ2n) is 16.4. The molecule has 1 aliphatic rings. The molecule has 0 aliphatic heterocycles. The van der Waals surface area contributed by atoms with Crippen molar-refractivity contribution in [2.24, 2.45) is 35.5 Å². The number of unbranched alkanes of at least 4 members (excludes halogenated alkanes) is 12. The highest BCUT2D eigenvalue weighted by molar-refractivity contribution is 6.58. The Balaban J connectivity index is 2.25. The van der Waals surface area contributed by atoms with E-state index in [2.05, 4.69) is 72.9 Å². The molecule has 262 valence electrons. The van der Waals surface area contributed by atoms with Crippen LogP contribution in [0.3, 0.4) is 0 Å². The van der Waals surface area contributed by atoms with Crippen LogP contribution in [-0.2, 0) is 0 Å². The van der Waals surface area contributed by atoms with Gasteiger partial charge in [-0.2, -0.15) is 0 Å². The van der Waals surface area contributed by atoms with E-state index in [1.807, 2.05) is 0 Å². The van der Waals surface area contributed by atoms with Crippen molar-refractivity contribution in [1.29, 1.82) is 0 Å². The summed E-state index contributed by atoms with van der Waals surface area (Å²) < 4.78 is 0. The Hall–Kier alpha value is -0.248. The van der Waals surface area contributed by atoms with Crippen LogP contribution in [0.2, 0.25) is 15.8 Å². The number of allylic oxidation sites excluding steroid dienone is 4. The maximum atomic E-state index is 3.93. The Morgan fingerprint density at radius 1 is 0.600 bits per heavy atom. The fourth-order valence-corrected chi connectivity index (χ4v) is 11.5. The normalized spacial score (nSPS) is 18.5. The van der Waals surface area contributed by atoms with Crippen molar-refractivity contribution in [3.63, 3.8) is 0 Å². The van der Waals surface area contributed by atoms with Gasteiger partial charge >= 0.3 is 0 Å². The van der Waals surface area contributed by atoms with E-state index in [1.165, 1.54) is 141 Å². The first-order chi connectivity index (χ1) is 21.8. The summed E-state index contributed by atoms with van der Waals surface area (Å²) in [6.45, 7) is 22.4. The molecule has 1 heteroatoms. The minimum absolute atomic E-state index is 0.551. The summed E-state index contributed by atoms with van der Waals surface area (Å²) in [6.07, 6.45) is 39.8. The zero-order valence-corrected chi connectivity index (χ0v) is 33.2. The lowest BCUT2D eigenvalue weighted by Crippen LogP contribution is -2.14. The maximum absolute atomic E-state index is 3.93. The van der Waals surface area contributed by atoms with Crippen molar-refractivity contribution >= 4 is 14.1 Å². The Kier molecular flexibility index (Phi) is 27.3. The molecule has 1 aliphatic carbocycles. The average Bonchev–Trinajstić information content (AvgIpc) is 3.03. The molecule has 1 rings (SSSR count). The van der Waals surface area contributed by atoms with Gasteiger partial charge in [-0.25, -0.2) is 0 Å². The second-order valence-corrected chi connectivity index (χ2v) is 19.9. The van der Waals surface area contributed by atoms with E-state index in [1.54, 1.807) is 27.8 Å². The molecule has 0 nitrogen and oxygen atoms in total. The molecule has 6 atom stereocenters. The summed E-state index contributed by atoms with van der Waals surface area (Å²) in [5, 5.41) is 4.91. The smallest absolute Gasteiger partial charge is 0.103 e. The average molecular weight is 639 g/mol. The number of hydrogen-bond donors (Lipinski definition) is 0. The quantitative estimate of drug-likeness (QED) is 0.0403. The molecule has 0 radical (unpaired) electrons. The highest BCUT2D eigenvalue weighted by Crippen LogP contribution is 2.32. The molecule has 0 N–H and O–H groups in total. The molecular weight excluding hydrogens is 555 g/mol. The van der Waals surface area contributed by atoms with Gasteiger partial charge in [0, 0.05) is 0 Å². The van der Waals surface area contributed by atoms with Gasteiger partial charge in [-0.15, -0.1) is 13.2 Å². The van der Waals surface area contributed by atoms with E-state index in [9.17, 15) is 0 Å². The van der Waals surface area contributed by atoms with Crippen LogP contribution >= 0.6 is 0 Å². The van der Waals surface area contributed by atoms with Crippen molar-refractivity contribution < 1.29 is 0 Å². The van der Waals surface area contributed by atoms with Crippen LogP contribution in [0.4, 0.5) is 0 Å². The first-order valence-corrected chi connectivity index (χ1v) is 23.1. The zero-order valence-electron chi connectivity index (χ0n) is 32.1. The van der Waals surface area contributed by atoms with Crippen LogP contribution in [0.1, 0.15) is 189 Å². The van der Waals surface area contributed by atoms with E-state index >= 15 is 0 Å². The summed E-state index contributed by atoms with van der Waals surface area (Å²) in [5.74, 6) is 5.20. The van der Waals surface area contributed by atoms with E-state index < -0.39 is 14.1 Å². The number of rotatable bonds is 31. The van der Waals surface area contributed by atoms with Crippen LogP contribution in [-0.4, -0.2) is 14.1 Å². The standard InChI is InChI=1S/C16H29.2C14H27.Al/c1-4-5-6-7-8-9-15(3)16-12-10-14(2)11-13-16;2*1-5-7-8-9-10-12-14(4)13(3)11-6-2;/h10,15-16H,1,4-9,11-13H2,2-3H3;2*6,13-14H,1-2,5,7-12H2,3-4H3;. The highest BCUT2D eigenvalue weighted by Gasteiger charge is 2.19. The molecule has 0 amide bonds. The van der Waals surface area contributed by atoms with Gasteiger partial charge in [0.2, 0.25) is 0 Å². The van der Waals surface area contributed by atoms with Crippen molar-refractivity contribution in [3.05, 3.63) is 37.0 Å². The van der Waals surface area contributed by atoms with Gasteiger partial charge in [0.1, 0.15) is 0 Å². The maximum Gasteiger partial charge on any atom is 0.261 e. The summed E-state index contributed by atoms with van der Waals surface area (Å²) in [4.78, 5) is 0. The topological polar surface area (TPSA) is 0 Å². The molecule has 0 heterocycles. The largest absolute Gasteiger partial charge is 0.261 e. The Morgan fingerprint density at radius 3 is 1.40 bits per heavy atom. The molecule has 0 aromatic carbocycles. The van der Waals surface area contributed by atoms with E-state index in [0.29, 0.717) is 0 Å². The molecule has 45 heavy (non-hydrogen) atoms. The Labute approximate surface area is 290 Å². The first kappa shape index (κ1) is 42.8. The van der Waals surface area contributed by atoms with Crippen molar-refractivity contribution in [1.82, 2.24) is 0 Å². The van der Waals surface area contributed by atoms with Gasteiger partial charge in [-0.05, 0) is 74.5 Å². The van der Waals surface area contributed by atoms with Gasteiger partial charge < -0.3 is 0 Å². The van der Waals surface area contributed by atoms with E-state index in [0.717, 1.165) is 35.5 Å². The lowest BCUT2D eigenvalue weighted by molar-refractivity contribution is 0.301. The van der Waals surface area contributed by atoms with Gasteiger partial charge in [-0.3, -0.25) is 0 Å². The lowest BCUT2D eigenvalue weighted by atomic mass is 9.79. The van der Waals surface area contributed by atoms with Crippen LogP contribution in [0.25, 0.3) is 0 Å². The summed E-state index contributed by atoms with van der Waals surface area (Å²) in [6, 6.07) is 0. The van der Waals surface area contributed by atoms with Gasteiger partial charge in [0.15, 0.2) is 0 Å². The molecular formula is C44H83Al. The molecule has 0 saturated heterocycles. The van der Waals surface area contributed by atoms with Gasteiger partial charge in [0.05, 0.1) is 0 Å².